The molecular formula is C14H27N3OS. The van der Waals surface area contributed by atoms with E-state index < -0.39 is 5.60 Å². The number of hydrogen-bond donors (Lipinski definition) is 2. The van der Waals surface area contributed by atoms with Crippen molar-refractivity contribution in [2.45, 2.75) is 39.2 Å². The number of guanidine groups is 1. The van der Waals surface area contributed by atoms with Crippen LogP contribution in [0.15, 0.2) is 4.99 Å². The molecule has 1 atom stereocenters. The summed E-state index contributed by atoms with van der Waals surface area (Å²) in [6, 6.07) is 0. The Morgan fingerprint density at radius 3 is 2.74 bits per heavy atom. The smallest absolute Gasteiger partial charge is 0.194 e. The molecule has 5 heteroatoms. The summed E-state index contributed by atoms with van der Waals surface area (Å²) in [7, 11) is 0. The minimum absolute atomic E-state index is 0.371. The molecule has 0 bridgehead atoms. The van der Waals surface area contributed by atoms with E-state index in [0.29, 0.717) is 12.0 Å². The van der Waals surface area contributed by atoms with E-state index in [9.17, 15) is 5.11 Å². The molecule has 2 fully saturated rings. The van der Waals surface area contributed by atoms with Gasteiger partial charge >= 0.3 is 0 Å². The SMILES string of the molecule is CCNC(=NCC1(O)CCSC1)N1CCC(C)(C)C1. The van der Waals surface area contributed by atoms with E-state index in [1.54, 1.807) is 0 Å². The first-order chi connectivity index (χ1) is 8.94. The number of hydrogen-bond acceptors (Lipinski definition) is 3. The van der Waals surface area contributed by atoms with E-state index in [1.807, 2.05) is 11.8 Å². The minimum Gasteiger partial charge on any atom is -0.387 e. The maximum atomic E-state index is 10.4. The number of likely N-dealkylation sites (tertiary alicyclic amines) is 1. The molecule has 2 aliphatic rings. The van der Waals surface area contributed by atoms with Gasteiger partial charge in [0, 0.05) is 25.4 Å². The molecule has 2 rings (SSSR count). The molecule has 1 unspecified atom stereocenters. The quantitative estimate of drug-likeness (QED) is 0.610. The van der Waals surface area contributed by atoms with E-state index in [4.69, 9.17) is 0 Å². The maximum absolute atomic E-state index is 10.4. The zero-order valence-electron chi connectivity index (χ0n) is 12.4. The predicted molar refractivity (Wildman–Crippen MR) is 82.8 cm³/mol. The van der Waals surface area contributed by atoms with Crippen LogP contribution in [0.1, 0.15) is 33.6 Å². The number of rotatable bonds is 3. The van der Waals surface area contributed by atoms with E-state index in [0.717, 1.165) is 43.5 Å². The largest absolute Gasteiger partial charge is 0.387 e. The van der Waals surface area contributed by atoms with Crippen LogP contribution in [0.4, 0.5) is 0 Å². The standard InChI is InChI=1S/C14H27N3OS/c1-4-15-12(17-7-5-13(2,3)10-17)16-9-14(18)6-8-19-11-14/h18H,4-11H2,1-3H3,(H,15,16). The molecule has 0 aromatic heterocycles. The lowest BCUT2D eigenvalue weighted by molar-refractivity contribution is 0.0776. The van der Waals surface area contributed by atoms with Crippen LogP contribution in [-0.4, -0.2) is 59.3 Å². The molecule has 0 aliphatic carbocycles. The van der Waals surface area contributed by atoms with Crippen LogP contribution in [0.3, 0.4) is 0 Å². The van der Waals surface area contributed by atoms with Crippen molar-refractivity contribution >= 4 is 17.7 Å². The summed E-state index contributed by atoms with van der Waals surface area (Å²) in [5.41, 5.74) is -0.211. The van der Waals surface area contributed by atoms with Crippen molar-refractivity contribution < 1.29 is 5.11 Å². The Kier molecular flexibility index (Phi) is 4.66. The molecular weight excluding hydrogens is 258 g/mol. The number of nitrogens with one attached hydrogen (secondary N) is 1. The first-order valence-corrected chi connectivity index (χ1v) is 8.43. The molecule has 2 saturated heterocycles. The van der Waals surface area contributed by atoms with E-state index in [2.05, 4.69) is 36.0 Å². The molecule has 0 amide bonds. The highest BCUT2D eigenvalue weighted by Crippen LogP contribution is 2.30. The van der Waals surface area contributed by atoms with Crippen LogP contribution in [0.5, 0.6) is 0 Å². The molecule has 0 saturated carbocycles. The van der Waals surface area contributed by atoms with Gasteiger partial charge in [0.25, 0.3) is 0 Å². The van der Waals surface area contributed by atoms with Crippen molar-refractivity contribution in [3.8, 4) is 0 Å². The van der Waals surface area contributed by atoms with Gasteiger partial charge in [0.15, 0.2) is 5.96 Å². The van der Waals surface area contributed by atoms with Gasteiger partial charge in [-0.15, -0.1) is 0 Å². The van der Waals surface area contributed by atoms with Gasteiger partial charge in [-0.25, -0.2) is 0 Å². The predicted octanol–water partition coefficient (Wildman–Crippen LogP) is 1.55. The maximum Gasteiger partial charge on any atom is 0.194 e. The van der Waals surface area contributed by atoms with Gasteiger partial charge < -0.3 is 15.3 Å². The van der Waals surface area contributed by atoms with Crippen molar-refractivity contribution in [3.05, 3.63) is 0 Å². The minimum atomic E-state index is -0.583. The Labute approximate surface area is 121 Å². The van der Waals surface area contributed by atoms with Crippen LogP contribution < -0.4 is 5.32 Å². The first-order valence-electron chi connectivity index (χ1n) is 7.28. The summed E-state index contributed by atoms with van der Waals surface area (Å²) < 4.78 is 0. The van der Waals surface area contributed by atoms with E-state index in [1.165, 1.54) is 6.42 Å². The molecule has 110 valence electrons. The zero-order chi connectivity index (χ0) is 13.9. The molecule has 19 heavy (non-hydrogen) atoms. The lowest BCUT2D eigenvalue weighted by Gasteiger charge is -2.25. The zero-order valence-corrected chi connectivity index (χ0v) is 13.2. The third-order valence-electron chi connectivity index (χ3n) is 3.92. The summed E-state index contributed by atoms with van der Waals surface area (Å²) in [5.74, 6) is 2.85. The van der Waals surface area contributed by atoms with Crippen molar-refractivity contribution in [2.24, 2.45) is 10.4 Å². The normalized spacial score (nSPS) is 30.9. The van der Waals surface area contributed by atoms with Crippen LogP contribution >= 0.6 is 11.8 Å². The lowest BCUT2D eigenvalue weighted by Crippen LogP contribution is -2.42. The van der Waals surface area contributed by atoms with Crippen molar-refractivity contribution in [1.82, 2.24) is 10.2 Å². The van der Waals surface area contributed by atoms with E-state index >= 15 is 0 Å². The van der Waals surface area contributed by atoms with Crippen molar-refractivity contribution in [1.29, 1.82) is 0 Å². The molecule has 0 radical (unpaired) electrons. The molecule has 2 N–H and O–H groups in total. The molecule has 0 aromatic rings. The van der Waals surface area contributed by atoms with E-state index in [-0.39, 0.29) is 0 Å². The van der Waals surface area contributed by atoms with Crippen molar-refractivity contribution in [3.63, 3.8) is 0 Å². The number of aliphatic imine (C=N–C) groups is 1. The second-order valence-corrected chi connectivity index (χ2v) is 7.64. The van der Waals surface area contributed by atoms with Crippen LogP contribution in [0.2, 0.25) is 0 Å². The van der Waals surface area contributed by atoms with Gasteiger partial charge in [-0.2, -0.15) is 11.8 Å². The Bertz CT molecular complexity index is 338. The molecule has 2 heterocycles. The Hall–Kier alpha value is -0.420. The lowest BCUT2D eigenvalue weighted by atomic mass is 9.93. The fourth-order valence-corrected chi connectivity index (χ4v) is 3.95. The Morgan fingerprint density at radius 1 is 1.42 bits per heavy atom. The summed E-state index contributed by atoms with van der Waals surface area (Å²) >= 11 is 1.82. The summed E-state index contributed by atoms with van der Waals surface area (Å²) in [5, 5.41) is 13.7. The fourth-order valence-electron chi connectivity index (χ4n) is 2.66. The highest BCUT2D eigenvalue weighted by Gasteiger charge is 2.33. The van der Waals surface area contributed by atoms with Crippen molar-refractivity contribution in [2.75, 3.05) is 37.7 Å². The summed E-state index contributed by atoms with van der Waals surface area (Å²) in [6.07, 6.45) is 2.07. The fraction of sp³-hybridized carbons (Fsp3) is 0.929. The summed E-state index contributed by atoms with van der Waals surface area (Å²) in [6.45, 7) is 10.2. The number of aliphatic hydroxyl groups is 1. The van der Waals surface area contributed by atoms with Gasteiger partial charge in [0.1, 0.15) is 0 Å². The van der Waals surface area contributed by atoms with Gasteiger partial charge in [-0.05, 0) is 30.9 Å². The van der Waals surface area contributed by atoms with Gasteiger partial charge in [-0.1, -0.05) is 13.8 Å². The molecule has 0 aromatic carbocycles. The number of thioether (sulfide) groups is 1. The topological polar surface area (TPSA) is 47.9 Å². The van der Waals surface area contributed by atoms with Gasteiger partial charge in [-0.3, -0.25) is 4.99 Å². The third kappa shape index (κ3) is 4.02. The second-order valence-electron chi connectivity index (χ2n) is 6.53. The summed E-state index contributed by atoms with van der Waals surface area (Å²) in [4.78, 5) is 7.01. The second kappa shape index (κ2) is 5.92. The number of nitrogens with zero attached hydrogens (tertiary/aromatic N) is 2. The first kappa shape index (κ1) is 15.0. The Morgan fingerprint density at radius 2 is 2.21 bits per heavy atom. The highest BCUT2D eigenvalue weighted by atomic mass is 32.2. The van der Waals surface area contributed by atoms with Crippen LogP contribution in [0, 0.1) is 5.41 Å². The molecule has 0 spiro atoms. The van der Waals surface area contributed by atoms with Gasteiger partial charge in [0.05, 0.1) is 12.1 Å². The monoisotopic (exact) mass is 285 g/mol. The average Bonchev–Trinajstić information content (AvgIpc) is 2.91. The highest BCUT2D eigenvalue weighted by molar-refractivity contribution is 7.99. The van der Waals surface area contributed by atoms with Crippen LogP contribution in [-0.2, 0) is 0 Å². The van der Waals surface area contributed by atoms with Crippen LogP contribution in [0.25, 0.3) is 0 Å². The van der Waals surface area contributed by atoms with Gasteiger partial charge in [0.2, 0.25) is 0 Å². The Balaban J connectivity index is 1.99. The molecule has 4 nitrogen and oxygen atoms in total. The molecule has 2 aliphatic heterocycles. The third-order valence-corrected chi connectivity index (χ3v) is 5.15. The average molecular weight is 285 g/mol.